The third kappa shape index (κ3) is 4.12. The van der Waals surface area contributed by atoms with Crippen molar-refractivity contribution in [1.82, 2.24) is 19.9 Å². The van der Waals surface area contributed by atoms with Gasteiger partial charge in [-0.3, -0.25) is 0 Å². The van der Waals surface area contributed by atoms with Crippen molar-refractivity contribution in [2.45, 2.75) is 0 Å². The molecule has 0 amide bonds. The van der Waals surface area contributed by atoms with E-state index in [-0.39, 0.29) is 16.8 Å². The fourth-order valence-electron chi connectivity index (χ4n) is 3.89. The number of rotatable bonds is 1. The fraction of sp³-hybridized carbons (Fsp3) is 0. The summed E-state index contributed by atoms with van der Waals surface area (Å²) in [4.78, 5) is 16.5. The van der Waals surface area contributed by atoms with E-state index in [1.165, 1.54) is 0 Å². The van der Waals surface area contributed by atoms with E-state index in [9.17, 15) is 0 Å². The van der Waals surface area contributed by atoms with Crippen LogP contribution in [-0.4, -0.2) is 19.9 Å². The van der Waals surface area contributed by atoms with Crippen molar-refractivity contribution < 1.29 is 16.8 Å². The van der Waals surface area contributed by atoms with E-state index in [1.54, 1.807) is 0 Å². The first-order valence-corrected chi connectivity index (χ1v) is 10.8. The van der Waals surface area contributed by atoms with Gasteiger partial charge in [0, 0.05) is 48.9 Å². The summed E-state index contributed by atoms with van der Waals surface area (Å²) in [5.41, 5.74) is 9.99. The SMILES string of the molecule is Brc1ccc(-c2cc3cc4nc(cc5ccc(cc6nc(cc2[nH]3)C=C6)[nH]5)C=C4)cc1.[Co]. The van der Waals surface area contributed by atoms with Crippen molar-refractivity contribution in [3.05, 3.63) is 94.0 Å². The van der Waals surface area contributed by atoms with E-state index < -0.39 is 0 Å². The van der Waals surface area contributed by atoms with E-state index >= 15 is 0 Å². The molecule has 0 spiro atoms. The molecule has 6 rings (SSSR count). The maximum absolute atomic E-state index is 4.78. The molecule has 0 saturated carbocycles. The Bertz CT molecular complexity index is 1540. The number of fused-ring (bicyclic) bond motifs is 8. The molecule has 1 radical (unpaired) electrons. The van der Waals surface area contributed by atoms with Gasteiger partial charge in [0.1, 0.15) is 0 Å². The van der Waals surface area contributed by atoms with Crippen molar-refractivity contribution >= 4 is 62.3 Å². The van der Waals surface area contributed by atoms with Crippen LogP contribution >= 0.6 is 15.9 Å². The zero-order valence-corrected chi connectivity index (χ0v) is 19.4. The van der Waals surface area contributed by atoms with Gasteiger partial charge in [-0.25, -0.2) is 9.97 Å². The predicted molar refractivity (Wildman–Crippen MR) is 132 cm³/mol. The molecule has 4 nitrogen and oxygen atoms in total. The molecule has 8 bridgehead atoms. The number of benzene rings is 1. The normalized spacial score (nSPS) is 12.0. The maximum Gasteiger partial charge on any atom is 0.0658 e. The summed E-state index contributed by atoms with van der Waals surface area (Å²) in [6, 6.07) is 22.9. The van der Waals surface area contributed by atoms with Gasteiger partial charge in [-0.2, -0.15) is 0 Å². The zero-order chi connectivity index (χ0) is 20.8. The smallest absolute Gasteiger partial charge is 0.0658 e. The van der Waals surface area contributed by atoms with E-state index in [2.05, 4.69) is 80.5 Å². The second kappa shape index (κ2) is 8.39. The molecule has 2 aliphatic rings. The second-order valence-electron chi connectivity index (χ2n) is 7.60. The molecule has 32 heavy (non-hydrogen) atoms. The van der Waals surface area contributed by atoms with Crippen LogP contribution in [0.2, 0.25) is 0 Å². The summed E-state index contributed by atoms with van der Waals surface area (Å²) in [7, 11) is 0. The molecule has 1 aromatic carbocycles. The molecule has 0 aliphatic carbocycles. The number of hydrogen-bond acceptors (Lipinski definition) is 2. The summed E-state index contributed by atoms with van der Waals surface area (Å²) in [5, 5.41) is 0. The van der Waals surface area contributed by atoms with Gasteiger partial charge in [0.05, 0.1) is 22.8 Å². The molecular weight excluding hydrogens is 507 g/mol. The number of nitrogens with zero attached hydrogens (tertiary/aromatic N) is 2. The number of nitrogens with one attached hydrogen (secondary N) is 2. The first-order valence-electron chi connectivity index (χ1n) is 10.0. The Hall–Kier alpha value is -3.19. The summed E-state index contributed by atoms with van der Waals surface area (Å²) < 4.78 is 1.06. The minimum Gasteiger partial charge on any atom is -0.355 e. The van der Waals surface area contributed by atoms with Crippen molar-refractivity contribution in [2.24, 2.45) is 0 Å². The van der Waals surface area contributed by atoms with Crippen LogP contribution in [-0.2, 0) is 16.8 Å². The quantitative estimate of drug-likeness (QED) is 0.242. The molecule has 0 unspecified atom stereocenters. The van der Waals surface area contributed by atoms with E-state index in [4.69, 9.17) is 9.97 Å². The molecule has 0 atom stereocenters. The fourth-order valence-corrected chi connectivity index (χ4v) is 4.15. The van der Waals surface area contributed by atoms with E-state index in [0.29, 0.717) is 0 Å². The number of aromatic amines is 2. The maximum atomic E-state index is 4.78. The van der Waals surface area contributed by atoms with E-state index in [0.717, 1.165) is 60.4 Å². The largest absolute Gasteiger partial charge is 0.355 e. The molecule has 2 aliphatic heterocycles. The van der Waals surface area contributed by atoms with Crippen LogP contribution in [0.5, 0.6) is 0 Å². The third-order valence-corrected chi connectivity index (χ3v) is 5.85. The molecule has 4 aromatic rings. The van der Waals surface area contributed by atoms with Gasteiger partial charge < -0.3 is 9.97 Å². The first kappa shape index (κ1) is 20.7. The molecule has 0 fully saturated rings. The van der Waals surface area contributed by atoms with Crippen LogP contribution in [0.25, 0.3) is 57.5 Å². The summed E-state index contributed by atoms with van der Waals surface area (Å²) in [5.74, 6) is 0. The number of hydrogen-bond donors (Lipinski definition) is 2. The molecule has 5 heterocycles. The van der Waals surface area contributed by atoms with Crippen LogP contribution in [0.1, 0.15) is 22.8 Å². The number of halogens is 1. The minimum atomic E-state index is 0. The van der Waals surface area contributed by atoms with Crippen LogP contribution in [0.4, 0.5) is 0 Å². The van der Waals surface area contributed by atoms with Crippen LogP contribution in [0, 0.1) is 0 Å². The molecule has 6 heteroatoms. The average Bonchev–Trinajstić information content (AvgIpc) is 3.54. The Morgan fingerprint density at radius 1 is 0.562 bits per heavy atom. The summed E-state index contributed by atoms with van der Waals surface area (Å²) >= 11 is 3.53. The zero-order valence-electron chi connectivity index (χ0n) is 16.8. The van der Waals surface area contributed by atoms with Gasteiger partial charge >= 0.3 is 0 Å². The van der Waals surface area contributed by atoms with Crippen molar-refractivity contribution in [1.29, 1.82) is 0 Å². The third-order valence-electron chi connectivity index (χ3n) is 5.32. The predicted octanol–water partition coefficient (Wildman–Crippen LogP) is 7.08. The average molecular weight is 524 g/mol. The van der Waals surface area contributed by atoms with Crippen molar-refractivity contribution in [3.63, 3.8) is 0 Å². The topological polar surface area (TPSA) is 57.4 Å². The van der Waals surface area contributed by atoms with E-state index in [1.807, 2.05) is 36.4 Å². The Morgan fingerprint density at radius 2 is 1.09 bits per heavy atom. The van der Waals surface area contributed by atoms with Gasteiger partial charge in [-0.05, 0) is 84.5 Å². The summed E-state index contributed by atoms with van der Waals surface area (Å²) in [6.07, 6.45) is 8.15. The first-order chi connectivity index (χ1) is 15.2. The van der Waals surface area contributed by atoms with Crippen LogP contribution in [0.15, 0.2) is 71.2 Å². The molecular formula is C26H17BrCoN4. The van der Waals surface area contributed by atoms with Gasteiger partial charge in [0.25, 0.3) is 0 Å². The Morgan fingerprint density at radius 3 is 1.69 bits per heavy atom. The van der Waals surface area contributed by atoms with Crippen molar-refractivity contribution in [3.8, 4) is 11.1 Å². The number of aromatic nitrogens is 4. The second-order valence-corrected chi connectivity index (χ2v) is 8.51. The van der Waals surface area contributed by atoms with Crippen LogP contribution in [0.3, 0.4) is 0 Å². The van der Waals surface area contributed by atoms with Gasteiger partial charge in [-0.1, -0.05) is 28.1 Å². The Labute approximate surface area is 203 Å². The monoisotopic (exact) mass is 523 g/mol. The molecule has 0 saturated heterocycles. The van der Waals surface area contributed by atoms with Gasteiger partial charge in [0.15, 0.2) is 0 Å². The van der Waals surface area contributed by atoms with Gasteiger partial charge in [-0.15, -0.1) is 0 Å². The Balaban J connectivity index is 0.00000216. The summed E-state index contributed by atoms with van der Waals surface area (Å²) in [6.45, 7) is 0. The molecule has 2 N–H and O–H groups in total. The van der Waals surface area contributed by atoms with Crippen LogP contribution < -0.4 is 0 Å². The van der Waals surface area contributed by atoms with Crippen molar-refractivity contribution in [2.75, 3.05) is 0 Å². The number of H-pyrrole nitrogens is 2. The standard InChI is InChI=1S/C26H17BrN4.Co/c27-17-3-1-16(2-4-17)25-14-24-13-22-8-7-20(29-22)11-18-5-6-19(28-18)12-21-9-10-23(30-21)15-26(25)31-24;/h1-15,28,31H;. The minimum absolute atomic E-state index is 0. The molecule has 157 valence electrons. The molecule has 3 aromatic heterocycles. The van der Waals surface area contributed by atoms with Gasteiger partial charge in [0.2, 0.25) is 0 Å². The Kier molecular flexibility index (Phi) is 5.42.